The first-order chi connectivity index (χ1) is 8.97. The van der Waals surface area contributed by atoms with Crippen LogP contribution in [0.15, 0.2) is 38.0 Å². The largest absolute Gasteiger partial charge is 0.478 e. The van der Waals surface area contributed by atoms with Gasteiger partial charge >= 0.3 is 17.9 Å². The quantitative estimate of drug-likeness (QED) is 0.408. The Balaban J connectivity index is 0. The summed E-state index contributed by atoms with van der Waals surface area (Å²) in [6, 6.07) is 0. The first-order valence-corrected chi connectivity index (χ1v) is 5.41. The van der Waals surface area contributed by atoms with Crippen LogP contribution in [0.25, 0.3) is 0 Å². The van der Waals surface area contributed by atoms with Crippen LogP contribution in [0.2, 0.25) is 0 Å². The molecular weight excluding hydrogens is 252 g/mol. The summed E-state index contributed by atoms with van der Waals surface area (Å²) in [6.45, 7) is 10.1. The number of ether oxygens (including phenoxy) is 2. The van der Waals surface area contributed by atoms with Gasteiger partial charge in [-0.3, -0.25) is 0 Å². The van der Waals surface area contributed by atoms with E-state index < -0.39 is 17.9 Å². The van der Waals surface area contributed by atoms with Crippen molar-refractivity contribution in [1.82, 2.24) is 0 Å². The number of carboxylic acids is 1. The van der Waals surface area contributed by atoms with Gasteiger partial charge in [0.2, 0.25) is 0 Å². The molecule has 1 N–H and O–H groups in total. The molecule has 6 heteroatoms. The number of esters is 2. The van der Waals surface area contributed by atoms with Crippen molar-refractivity contribution >= 4 is 17.9 Å². The summed E-state index contributed by atoms with van der Waals surface area (Å²) in [7, 11) is 0. The molecule has 0 spiro atoms. The molecule has 0 atom stereocenters. The van der Waals surface area contributed by atoms with Gasteiger partial charge in [-0.1, -0.05) is 19.7 Å². The van der Waals surface area contributed by atoms with E-state index in [0.717, 1.165) is 18.2 Å². The fourth-order valence-electron chi connectivity index (χ4n) is 0.667. The van der Waals surface area contributed by atoms with Gasteiger partial charge in [0.05, 0.1) is 13.2 Å². The normalized spacial score (nSPS) is 8.21. The number of carbonyl (C=O) groups excluding carboxylic acids is 2. The minimum Gasteiger partial charge on any atom is -0.478 e. The third-order valence-electron chi connectivity index (χ3n) is 1.54. The van der Waals surface area contributed by atoms with Crippen LogP contribution in [-0.2, 0) is 23.9 Å². The van der Waals surface area contributed by atoms with Crippen molar-refractivity contribution in [1.29, 1.82) is 0 Å². The Kier molecular flexibility index (Phi) is 13.7. The zero-order valence-corrected chi connectivity index (χ0v) is 10.7. The second-order valence-corrected chi connectivity index (χ2v) is 2.99. The summed E-state index contributed by atoms with van der Waals surface area (Å²) < 4.78 is 9.41. The van der Waals surface area contributed by atoms with E-state index in [-0.39, 0.29) is 0 Å². The molecule has 19 heavy (non-hydrogen) atoms. The molecule has 0 aliphatic heterocycles. The lowest BCUT2D eigenvalue weighted by molar-refractivity contribution is -0.140. The smallest absolute Gasteiger partial charge is 0.330 e. The maximum Gasteiger partial charge on any atom is 0.330 e. The van der Waals surface area contributed by atoms with Crippen molar-refractivity contribution in [2.45, 2.75) is 12.8 Å². The van der Waals surface area contributed by atoms with Crippen molar-refractivity contribution in [3.05, 3.63) is 38.0 Å². The SMILES string of the molecule is C=CC(=O)O.C=CC(=O)OCCCCOC(=O)C=C. The highest BCUT2D eigenvalue weighted by Gasteiger charge is 1.97. The number of rotatable bonds is 8. The van der Waals surface area contributed by atoms with Crippen molar-refractivity contribution in [2.75, 3.05) is 13.2 Å². The Morgan fingerprint density at radius 3 is 1.37 bits per heavy atom. The Morgan fingerprint density at radius 1 is 0.842 bits per heavy atom. The average molecular weight is 270 g/mol. The molecule has 0 radical (unpaired) electrons. The van der Waals surface area contributed by atoms with Crippen molar-refractivity contribution in [3.63, 3.8) is 0 Å². The maximum absolute atomic E-state index is 10.6. The van der Waals surface area contributed by atoms with Crippen LogP contribution in [0.5, 0.6) is 0 Å². The summed E-state index contributed by atoms with van der Waals surface area (Å²) in [5, 5.41) is 7.60. The first-order valence-electron chi connectivity index (χ1n) is 5.41. The molecular formula is C13H18O6. The van der Waals surface area contributed by atoms with Crippen LogP contribution in [0.3, 0.4) is 0 Å². The molecule has 0 aliphatic rings. The number of carboxylic acid groups (broad SMARTS) is 1. The minimum atomic E-state index is -0.981. The number of unbranched alkanes of at least 4 members (excludes halogenated alkanes) is 1. The second-order valence-electron chi connectivity index (χ2n) is 2.99. The van der Waals surface area contributed by atoms with Crippen molar-refractivity contribution in [2.24, 2.45) is 0 Å². The zero-order valence-electron chi connectivity index (χ0n) is 10.7. The number of carbonyl (C=O) groups is 3. The predicted molar refractivity (Wildman–Crippen MR) is 69.4 cm³/mol. The standard InChI is InChI=1S/C10H14O4.C3H4O2/c1-3-9(11)13-7-5-6-8-14-10(12)4-2;1-2-3(4)5/h3-4H,1-2,5-8H2;2H,1H2,(H,4,5). The Hall–Kier alpha value is -2.37. The lowest BCUT2D eigenvalue weighted by Gasteiger charge is -2.02. The van der Waals surface area contributed by atoms with Crippen LogP contribution in [0, 0.1) is 0 Å². The number of hydrogen-bond acceptors (Lipinski definition) is 5. The average Bonchev–Trinajstić information content (AvgIpc) is 2.42. The second kappa shape index (κ2) is 13.7. The fraction of sp³-hybridized carbons (Fsp3) is 0.308. The van der Waals surface area contributed by atoms with Gasteiger partial charge in [-0.15, -0.1) is 0 Å². The van der Waals surface area contributed by atoms with E-state index in [2.05, 4.69) is 19.7 Å². The summed E-state index contributed by atoms with van der Waals surface area (Å²) >= 11 is 0. The van der Waals surface area contributed by atoms with E-state index in [1.807, 2.05) is 0 Å². The van der Waals surface area contributed by atoms with Gasteiger partial charge < -0.3 is 14.6 Å². The van der Waals surface area contributed by atoms with Crippen LogP contribution in [-0.4, -0.2) is 36.2 Å². The predicted octanol–water partition coefficient (Wildman–Crippen LogP) is 1.48. The lowest BCUT2D eigenvalue weighted by atomic mass is 10.3. The Bertz CT molecular complexity index is 308. The zero-order chi connectivity index (χ0) is 15.1. The summed E-state index contributed by atoms with van der Waals surface area (Å²) in [5.41, 5.74) is 0. The van der Waals surface area contributed by atoms with Crippen molar-refractivity contribution < 1.29 is 29.0 Å². The number of hydrogen-bond donors (Lipinski definition) is 1. The lowest BCUT2D eigenvalue weighted by Crippen LogP contribution is -2.05. The Labute approximate surface area is 112 Å². The van der Waals surface area contributed by atoms with E-state index in [1.165, 1.54) is 0 Å². The topological polar surface area (TPSA) is 89.9 Å². The molecule has 0 heterocycles. The van der Waals surface area contributed by atoms with Crippen LogP contribution in [0.1, 0.15) is 12.8 Å². The third kappa shape index (κ3) is 18.2. The van der Waals surface area contributed by atoms with Gasteiger partial charge in [0.15, 0.2) is 0 Å². The highest BCUT2D eigenvalue weighted by Crippen LogP contribution is 1.93. The first kappa shape index (κ1) is 19.0. The van der Waals surface area contributed by atoms with Gasteiger partial charge in [-0.2, -0.15) is 0 Å². The summed E-state index contributed by atoms with van der Waals surface area (Å²) in [4.78, 5) is 30.4. The van der Waals surface area contributed by atoms with E-state index in [1.54, 1.807) is 0 Å². The molecule has 6 nitrogen and oxygen atoms in total. The fourth-order valence-corrected chi connectivity index (χ4v) is 0.667. The van der Waals surface area contributed by atoms with Gasteiger partial charge in [0, 0.05) is 18.2 Å². The molecule has 0 aliphatic carbocycles. The van der Waals surface area contributed by atoms with Gasteiger partial charge in [-0.25, -0.2) is 14.4 Å². The van der Waals surface area contributed by atoms with Gasteiger partial charge in [0.1, 0.15) is 0 Å². The van der Waals surface area contributed by atoms with Crippen molar-refractivity contribution in [3.8, 4) is 0 Å². The third-order valence-corrected chi connectivity index (χ3v) is 1.54. The monoisotopic (exact) mass is 270 g/mol. The summed E-state index contributed by atoms with van der Waals surface area (Å²) in [5.74, 6) is -1.86. The molecule has 0 fully saturated rings. The molecule has 0 aromatic heterocycles. The van der Waals surface area contributed by atoms with Crippen LogP contribution in [0.4, 0.5) is 0 Å². The van der Waals surface area contributed by atoms with Crippen LogP contribution >= 0.6 is 0 Å². The molecule has 0 aromatic carbocycles. The van der Waals surface area contributed by atoms with E-state index >= 15 is 0 Å². The molecule has 0 aromatic rings. The summed E-state index contributed by atoms with van der Waals surface area (Å²) in [6.07, 6.45) is 4.36. The van der Waals surface area contributed by atoms with E-state index in [4.69, 9.17) is 14.6 Å². The highest BCUT2D eigenvalue weighted by molar-refractivity contribution is 5.81. The van der Waals surface area contributed by atoms with E-state index in [9.17, 15) is 14.4 Å². The minimum absolute atomic E-state index is 0.316. The molecule has 0 rings (SSSR count). The van der Waals surface area contributed by atoms with E-state index in [0.29, 0.717) is 26.1 Å². The van der Waals surface area contributed by atoms with Gasteiger partial charge in [-0.05, 0) is 12.8 Å². The maximum atomic E-state index is 10.6. The molecule has 0 amide bonds. The Morgan fingerprint density at radius 2 is 1.16 bits per heavy atom. The molecule has 0 saturated heterocycles. The highest BCUT2D eigenvalue weighted by atomic mass is 16.5. The molecule has 0 saturated carbocycles. The molecule has 0 bridgehead atoms. The van der Waals surface area contributed by atoms with Gasteiger partial charge in [0.25, 0.3) is 0 Å². The number of aliphatic carboxylic acids is 1. The van der Waals surface area contributed by atoms with Crippen LogP contribution < -0.4 is 0 Å². The molecule has 106 valence electrons. The molecule has 0 unspecified atom stereocenters.